The van der Waals surface area contributed by atoms with E-state index in [2.05, 4.69) is 24.3 Å². The highest BCUT2D eigenvalue weighted by atomic mass is 16.5. The Balaban J connectivity index is 1.88. The second-order valence-electron chi connectivity index (χ2n) is 5.21. The third kappa shape index (κ3) is 3.32. The van der Waals surface area contributed by atoms with E-state index in [1.807, 2.05) is 4.90 Å². The van der Waals surface area contributed by atoms with Crippen LogP contribution in [0.25, 0.3) is 0 Å². The number of nitrogens with one attached hydrogen (secondary N) is 1. The summed E-state index contributed by atoms with van der Waals surface area (Å²) < 4.78 is 4.72. The zero-order chi connectivity index (χ0) is 13.0. The van der Waals surface area contributed by atoms with Gasteiger partial charge in [0.15, 0.2) is 5.69 Å². The predicted octanol–water partition coefficient (Wildman–Crippen LogP) is 1.52. The quantitative estimate of drug-likeness (QED) is 0.881. The maximum atomic E-state index is 12.1. The maximum Gasteiger partial charge on any atom is 0.276 e. The summed E-state index contributed by atoms with van der Waals surface area (Å²) in [6, 6.07) is 2.12. The molecule has 1 aliphatic heterocycles. The van der Waals surface area contributed by atoms with E-state index < -0.39 is 0 Å². The largest absolute Gasteiger partial charge is 0.364 e. The summed E-state index contributed by atoms with van der Waals surface area (Å²) in [5, 5.41) is 7.15. The number of likely N-dealkylation sites (tertiary alicyclic amines) is 1. The minimum atomic E-state index is -0.0157. The Bertz CT molecular complexity index is 376. The van der Waals surface area contributed by atoms with Crippen LogP contribution in [0.2, 0.25) is 0 Å². The maximum absolute atomic E-state index is 12.1. The van der Waals surface area contributed by atoms with Crippen molar-refractivity contribution in [2.24, 2.45) is 5.92 Å². The second-order valence-corrected chi connectivity index (χ2v) is 5.21. The van der Waals surface area contributed by atoms with E-state index >= 15 is 0 Å². The number of carbonyl (C=O) groups excluding carboxylic acids is 1. The van der Waals surface area contributed by atoms with Gasteiger partial charge in [0, 0.05) is 25.2 Å². The van der Waals surface area contributed by atoms with Gasteiger partial charge in [0.25, 0.3) is 5.91 Å². The van der Waals surface area contributed by atoms with Crippen LogP contribution in [0.4, 0.5) is 0 Å². The highest BCUT2D eigenvalue weighted by Crippen LogP contribution is 2.17. The average molecular weight is 251 g/mol. The standard InChI is InChI=1S/C13H21N3O2/c1-10(2)14-8-11-4-3-6-16(9-11)13(17)12-5-7-18-15-12/h5,7,10-11,14H,3-4,6,8-9H2,1-2H3. The molecule has 100 valence electrons. The molecule has 2 heterocycles. The van der Waals surface area contributed by atoms with Crippen molar-refractivity contribution in [1.29, 1.82) is 0 Å². The van der Waals surface area contributed by atoms with Gasteiger partial charge in [0.1, 0.15) is 6.26 Å². The topological polar surface area (TPSA) is 58.4 Å². The van der Waals surface area contributed by atoms with Gasteiger partial charge in [-0.15, -0.1) is 0 Å². The molecule has 1 aliphatic rings. The van der Waals surface area contributed by atoms with Crippen molar-refractivity contribution in [3.05, 3.63) is 18.0 Å². The molecule has 1 fully saturated rings. The lowest BCUT2D eigenvalue weighted by atomic mass is 9.97. The van der Waals surface area contributed by atoms with Crippen molar-refractivity contribution in [2.45, 2.75) is 32.7 Å². The third-order valence-electron chi connectivity index (χ3n) is 3.28. The van der Waals surface area contributed by atoms with Crippen LogP contribution in [-0.4, -0.2) is 41.6 Å². The first-order valence-corrected chi connectivity index (χ1v) is 6.60. The van der Waals surface area contributed by atoms with E-state index in [0.717, 1.165) is 26.1 Å². The van der Waals surface area contributed by atoms with Gasteiger partial charge < -0.3 is 14.7 Å². The molecule has 1 N–H and O–H groups in total. The fraction of sp³-hybridized carbons (Fsp3) is 0.692. The summed E-state index contributed by atoms with van der Waals surface area (Å²) >= 11 is 0. The Labute approximate surface area is 108 Å². The van der Waals surface area contributed by atoms with Crippen LogP contribution in [-0.2, 0) is 0 Å². The molecule has 0 saturated carbocycles. The number of hydrogen-bond acceptors (Lipinski definition) is 4. The number of rotatable bonds is 4. The average Bonchev–Trinajstić information content (AvgIpc) is 2.89. The Morgan fingerprint density at radius 3 is 3.17 bits per heavy atom. The molecule has 1 unspecified atom stereocenters. The van der Waals surface area contributed by atoms with E-state index in [4.69, 9.17) is 4.52 Å². The molecule has 2 rings (SSSR count). The van der Waals surface area contributed by atoms with Crippen LogP contribution in [0.3, 0.4) is 0 Å². The lowest BCUT2D eigenvalue weighted by molar-refractivity contribution is 0.0662. The van der Waals surface area contributed by atoms with Gasteiger partial charge in [0.2, 0.25) is 0 Å². The molecular weight excluding hydrogens is 230 g/mol. The van der Waals surface area contributed by atoms with E-state index in [1.165, 1.54) is 12.7 Å². The first kappa shape index (κ1) is 13.1. The molecule has 0 radical (unpaired) electrons. The van der Waals surface area contributed by atoms with Gasteiger partial charge >= 0.3 is 0 Å². The van der Waals surface area contributed by atoms with Crippen molar-refractivity contribution in [1.82, 2.24) is 15.4 Å². The monoisotopic (exact) mass is 251 g/mol. The number of nitrogens with zero attached hydrogens (tertiary/aromatic N) is 2. The minimum Gasteiger partial charge on any atom is -0.364 e. The normalized spacial score (nSPS) is 20.4. The third-order valence-corrected chi connectivity index (χ3v) is 3.28. The smallest absolute Gasteiger partial charge is 0.276 e. The first-order chi connectivity index (χ1) is 8.66. The molecule has 5 nitrogen and oxygen atoms in total. The molecule has 0 aromatic carbocycles. The Morgan fingerprint density at radius 2 is 2.50 bits per heavy atom. The summed E-state index contributed by atoms with van der Waals surface area (Å²) in [7, 11) is 0. The van der Waals surface area contributed by atoms with Crippen LogP contribution < -0.4 is 5.32 Å². The fourth-order valence-electron chi connectivity index (χ4n) is 2.30. The van der Waals surface area contributed by atoms with E-state index in [9.17, 15) is 4.79 Å². The number of amides is 1. The van der Waals surface area contributed by atoms with Crippen molar-refractivity contribution < 1.29 is 9.32 Å². The molecular formula is C13H21N3O2. The van der Waals surface area contributed by atoms with Crippen LogP contribution in [0.1, 0.15) is 37.2 Å². The van der Waals surface area contributed by atoms with Crippen LogP contribution in [0, 0.1) is 5.92 Å². The summed E-state index contributed by atoms with van der Waals surface area (Å²) in [6.45, 7) is 6.89. The summed E-state index contributed by atoms with van der Waals surface area (Å²) in [5.41, 5.74) is 0.410. The van der Waals surface area contributed by atoms with Crippen molar-refractivity contribution in [2.75, 3.05) is 19.6 Å². The number of aromatic nitrogens is 1. The lowest BCUT2D eigenvalue weighted by Gasteiger charge is -2.32. The Morgan fingerprint density at radius 1 is 1.67 bits per heavy atom. The highest BCUT2D eigenvalue weighted by Gasteiger charge is 2.25. The molecule has 1 saturated heterocycles. The van der Waals surface area contributed by atoms with E-state index in [0.29, 0.717) is 17.7 Å². The van der Waals surface area contributed by atoms with E-state index in [-0.39, 0.29) is 5.91 Å². The Hall–Kier alpha value is -1.36. The van der Waals surface area contributed by atoms with Gasteiger partial charge in [0.05, 0.1) is 0 Å². The van der Waals surface area contributed by atoms with Gasteiger partial charge in [-0.05, 0) is 25.3 Å². The Kier molecular flexibility index (Phi) is 4.36. The van der Waals surface area contributed by atoms with Crippen molar-refractivity contribution >= 4 is 5.91 Å². The molecule has 1 aromatic heterocycles. The van der Waals surface area contributed by atoms with Crippen molar-refractivity contribution in [3.63, 3.8) is 0 Å². The summed E-state index contributed by atoms with van der Waals surface area (Å²) in [4.78, 5) is 14.0. The van der Waals surface area contributed by atoms with Gasteiger partial charge in [-0.3, -0.25) is 4.79 Å². The summed E-state index contributed by atoms with van der Waals surface area (Å²) in [5.74, 6) is 0.523. The van der Waals surface area contributed by atoms with Gasteiger partial charge in [-0.1, -0.05) is 19.0 Å². The number of hydrogen-bond donors (Lipinski definition) is 1. The van der Waals surface area contributed by atoms with Crippen LogP contribution >= 0.6 is 0 Å². The molecule has 0 spiro atoms. The second kappa shape index (κ2) is 6.00. The fourth-order valence-corrected chi connectivity index (χ4v) is 2.30. The van der Waals surface area contributed by atoms with Crippen LogP contribution in [0.15, 0.2) is 16.9 Å². The molecule has 18 heavy (non-hydrogen) atoms. The van der Waals surface area contributed by atoms with Gasteiger partial charge in [-0.25, -0.2) is 0 Å². The molecule has 1 amide bonds. The molecule has 5 heteroatoms. The highest BCUT2D eigenvalue weighted by molar-refractivity contribution is 5.92. The zero-order valence-electron chi connectivity index (χ0n) is 11.1. The lowest BCUT2D eigenvalue weighted by Crippen LogP contribution is -2.43. The molecule has 0 aliphatic carbocycles. The number of carbonyl (C=O) groups is 1. The SMILES string of the molecule is CC(C)NCC1CCCN(C(=O)c2ccon2)C1. The van der Waals surface area contributed by atoms with Crippen LogP contribution in [0.5, 0.6) is 0 Å². The van der Waals surface area contributed by atoms with E-state index in [1.54, 1.807) is 6.07 Å². The predicted molar refractivity (Wildman–Crippen MR) is 68.3 cm³/mol. The summed E-state index contributed by atoms with van der Waals surface area (Å²) in [6.07, 6.45) is 3.69. The zero-order valence-corrected chi connectivity index (χ0v) is 11.1. The minimum absolute atomic E-state index is 0.0157. The van der Waals surface area contributed by atoms with Gasteiger partial charge in [-0.2, -0.15) is 0 Å². The molecule has 0 bridgehead atoms. The number of piperidine rings is 1. The molecule has 1 aromatic rings. The first-order valence-electron chi connectivity index (χ1n) is 6.60. The van der Waals surface area contributed by atoms with Crippen molar-refractivity contribution in [3.8, 4) is 0 Å². The molecule has 1 atom stereocenters.